The van der Waals surface area contributed by atoms with E-state index in [1.807, 2.05) is 12.1 Å². The van der Waals surface area contributed by atoms with E-state index in [-0.39, 0.29) is 17.9 Å². The molecule has 1 aromatic carbocycles. The molecule has 1 aliphatic carbocycles. The molecular formula is C20H28N2O3. The van der Waals surface area contributed by atoms with E-state index in [0.29, 0.717) is 6.54 Å². The summed E-state index contributed by atoms with van der Waals surface area (Å²) in [6.45, 7) is 3.89. The first-order valence-electron chi connectivity index (χ1n) is 9.16. The van der Waals surface area contributed by atoms with Gasteiger partial charge in [-0.1, -0.05) is 24.3 Å². The van der Waals surface area contributed by atoms with Gasteiger partial charge in [0.15, 0.2) is 0 Å². The molecular weight excluding hydrogens is 316 g/mol. The highest BCUT2D eigenvalue weighted by Gasteiger charge is 2.25. The van der Waals surface area contributed by atoms with Crippen molar-refractivity contribution in [1.29, 1.82) is 0 Å². The van der Waals surface area contributed by atoms with Crippen molar-refractivity contribution in [3.8, 4) is 5.75 Å². The van der Waals surface area contributed by atoms with E-state index in [9.17, 15) is 4.79 Å². The second-order valence-corrected chi connectivity index (χ2v) is 6.66. The molecule has 1 amide bonds. The molecule has 25 heavy (non-hydrogen) atoms. The minimum atomic E-state index is 0.117. The first-order chi connectivity index (χ1) is 12.3. The van der Waals surface area contributed by atoms with Crippen LogP contribution in [0.5, 0.6) is 5.75 Å². The predicted molar refractivity (Wildman–Crippen MR) is 97.6 cm³/mol. The Morgan fingerprint density at radius 3 is 2.68 bits per heavy atom. The van der Waals surface area contributed by atoms with Crippen molar-refractivity contribution in [2.24, 2.45) is 5.92 Å². The van der Waals surface area contributed by atoms with Crippen LogP contribution in [0.25, 0.3) is 0 Å². The normalized spacial score (nSPS) is 22.4. The minimum Gasteiger partial charge on any atom is -0.497 e. The Kier molecular flexibility index (Phi) is 6.48. The Labute approximate surface area is 150 Å². The van der Waals surface area contributed by atoms with Crippen molar-refractivity contribution < 1.29 is 14.3 Å². The van der Waals surface area contributed by atoms with Crippen LogP contribution in [0.1, 0.15) is 30.9 Å². The van der Waals surface area contributed by atoms with Gasteiger partial charge in [0.1, 0.15) is 5.75 Å². The van der Waals surface area contributed by atoms with Crippen LogP contribution in [0.15, 0.2) is 36.4 Å². The SMILES string of the molecule is COc1ccc(C(CNC(=O)C2CC=CCC2)N2CCOCC2)cc1. The van der Waals surface area contributed by atoms with Crippen molar-refractivity contribution in [3.05, 3.63) is 42.0 Å². The Balaban J connectivity index is 1.66. The van der Waals surface area contributed by atoms with Gasteiger partial charge in [-0.15, -0.1) is 0 Å². The number of amides is 1. The number of nitrogens with zero attached hydrogens (tertiary/aromatic N) is 1. The molecule has 2 unspecified atom stereocenters. The van der Waals surface area contributed by atoms with Crippen LogP contribution in [-0.2, 0) is 9.53 Å². The first-order valence-corrected chi connectivity index (χ1v) is 9.16. The van der Waals surface area contributed by atoms with Crippen LogP contribution in [0.3, 0.4) is 0 Å². The van der Waals surface area contributed by atoms with Crippen molar-refractivity contribution in [2.45, 2.75) is 25.3 Å². The van der Waals surface area contributed by atoms with E-state index in [2.05, 4.69) is 34.5 Å². The number of methoxy groups -OCH3 is 1. The fraction of sp³-hybridized carbons (Fsp3) is 0.550. The van der Waals surface area contributed by atoms with Crippen LogP contribution < -0.4 is 10.1 Å². The number of allylic oxidation sites excluding steroid dienone is 2. The van der Waals surface area contributed by atoms with E-state index < -0.39 is 0 Å². The van der Waals surface area contributed by atoms with E-state index in [1.165, 1.54) is 5.56 Å². The van der Waals surface area contributed by atoms with Crippen LogP contribution in [0.2, 0.25) is 0 Å². The molecule has 1 saturated heterocycles. The summed E-state index contributed by atoms with van der Waals surface area (Å²) in [5, 5.41) is 3.19. The lowest BCUT2D eigenvalue weighted by atomic mass is 9.93. The van der Waals surface area contributed by atoms with Crippen LogP contribution in [-0.4, -0.2) is 50.8 Å². The Morgan fingerprint density at radius 2 is 2.04 bits per heavy atom. The molecule has 1 aliphatic heterocycles. The molecule has 1 N–H and O–H groups in total. The monoisotopic (exact) mass is 344 g/mol. The van der Waals surface area contributed by atoms with Gasteiger partial charge in [0.05, 0.1) is 26.4 Å². The molecule has 136 valence electrons. The zero-order valence-electron chi connectivity index (χ0n) is 14.9. The van der Waals surface area contributed by atoms with Gasteiger partial charge < -0.3 is 14.8 Å². The van der Waals surface area contributed by atoms with Gasteiger partial charge in [-0.05, 0) is 37.0 Å². The smallest absolute Gasteiger partial charge is 0.223 e. The van der Waals surface area contributed by atoms with Gasteiger partial charge in [0, 0.05) is 25.6 Å². The topological polar surface area (TPSA) is 50.8 Å². The van der Waals surface area contributed by atoms with E-state index in [0.717, 1.165) is 51.3 Å². The summed E-state index contributed by atoms with van der Waals surface area (Å²) in [5.74, 6) is 1.14. The van der Waals surface area contributed by atoms with Crippen LogP contribution in [0.4, 0.5) is 0 Å². The van der Waals surface area contributed by atoms with Gasteiger partial charge in [-0.3, -0.25) is 9.69 Å². The highest BCUT2D eigenvalue weighted by atomic mass is 16.5. The maximum atomic E-state index is 12.5. The van der Waals surface area contributed by atoms with Gasteiger partial charge in [-0.25, -0.2) is 0 Å². The molecule has 2 aliphatic rings. The molecule has 0 spiro atoms. The third-order valence-corrected chi connectivity index (χ3v) is 5.10. The van der Waals surface area contributed by atoms with Gasteiger partial charge in [0.2, 0.25) is 5.91 Å². The molecule has 2 atom stereocenters. The summed E-state index contributed by atoms with van der Waals surface area (Å²) in [4.78, 5) is 14.9. The summed E-state index contributed by atoms with van der Waals surface area (Å²) in [5.41, 5.74) is 1.20. The molecule has 1 heterocycles. The molecule has 0 bridgehead atoms. The number of hydrogen-bond acceptors (Lipinski definition) is 4. The molecule has 5 nitrogen and oxygen atoms in total. The molecule has 1 aromatic rings. The maximum Gasteiger partial charge on any atom is 0.223 e. The van der Waals surface area contributed by atoms with Crippen molar-refractivity contribution in [2.75, 3.05) is 40.0 Å². The van der Waals surface area contributed by atoms with E-state index >= 15 is 0 Å². The molecule has 5 heteroatoms. The van der Waals surface area contributed by atoms with Crippen molar-refractivity contribution in [3.63, 3.8) is 0 Å². The average Bonchev–Trinajstić information content (AvgIpc) is 2.70. The highest BCUT2D eigenvalue weighted by molar-refractivity contribution is 5.79. The molecule has 0 saturated carbocycles. The second kappa shape index (κ2) is 9.02. The summed E-state index contributed by atoms with van der Waals surface area (Å²) < 4.78 is 10.7. The zero-order chi connectivity index (χ0) is 17.5. The van der Waals surface area contributed by atoms with Crippen LogP contribution >= 0.6 is 0 Å². The number of carbonyl (C=O) groups is 1. The number of benzene rings is 1. The van der Waals surface area contributed by atoms with Gasteiger partial charge >= 0.3 is 0 Å². The molecule has 1 fully saturated rings. The lowest BCUT2D eigenvalue weighted by Crippen LogP contribution is -2.44. The molecule has 3 rings (SSSR count). The zero-order valence-corrected chi connectivity index (χ0v) is 14.9. The number of rotatable bonds is 6. The van der Waals surface area contributed by atoms with Crippen LogP contribution in [0, 0.1) is 5.92 Å². The largest absolute Gasteiger partial charge is 0.497 e. The number of ether oxygens (including phenoxy) is 2. The predicted octanol–water partition coefficient (Wildman–Crippen LogP) is 2.54. The van der Waals surface area contributed by atoms with Gasteiger partial charge in [0.25, 0.3) is 0 Å². The molecule has 0 aromatic heterocycles. The number of nitrogens with one attached hydrogen (secondary N) is 1. The summed E-state index contributed by atoms with van der Waals surface area (Å²) >= 11 is 0. The van der Waals surface area contributed by atoms with E-state index in [4.69, 9.17) is 9.47 Å². The summed E-state index contributed by atoms with van der Waals surface area (Å²) in [7, 11) is 1.67. The Hall–Kier alpha value is -1.85. The Bertz CT molecular complexity index is 579. The third-order valence-electron chi connectivity index (χ3n) is 5.10. The summed E-state index contributed by atoms with van der Waals surface area (Å²) in [6, 6.07) is 8.31. The first kappa shape index (κ1) is 18.0. The fourth-order valence-corrected chi connectivity index (χ4v) is 3.55. The van der Waals surface area contributed by atoms with Gasteiger partial charge in [-0.2, -0.15) is 0 Å². The highest BCUT2D eigenvalue weighted by Crippen LogP contribution is 2.24. The quantitative estimate of drug-likeness (QED) is 0.806. The third kappa shape index (κ3) is 4.83. The fourth-order valence-electron chi connectivity index (χ4n) is 3.55. The Morgan fingerprint density at radius 1 is 1.28 bits per heavy atom. The number of hydrogen-bond donors (Lipinski definition) is 1. The van der Waals surface area contributed by atoms with Crippen molar-refractivity contribution >= 4 is 5.91 Å². The number of morpholine rings is 1. The average molecular weight is 344 g/mol. The minimum absolute atomic E-state index is 0.117. The standard InChI is InChI=1S/C20H28N2O3/c1-24-18-9-7-16(8-10-18)19(22-11-13-25-14-12-22)15-21-20(23)17-5-3-2-4-6-17/h2-3,7-10,17,19H,4-6,11-15H2,1H3,(H,21,23). The number of carbonyl (C=O) groups excluding carboxylic acids is 1. The van der Waals surface area contributed by atoms with Crippen molar-refractivity contribution in [1.82, 2.24) is 10.2 Å². The maximum absolute atomic E-state index is 12.5. The molecule has 0 radical (unpaired) electrons. The lowest BCUT2D eigenvalue weighted by molar-refractivity contribution is -0.125. The lowest BCUT2D eigenvalue weighted by Gasteiger charge is -2.35. The van der Waals surface area contributed by atoms with E-state index in [1.54, 1.807) is 7.11 Å². The summed E-state index contributed by atoms with van der Waals surface area (Å²) in [6.07, 6.45) is 7.10. The second-order valence-electron chi connectivity index (χ2n) is 6.66.